The lowest BCUT2D eigenvalue weighted by Gasteiger charge is -2.10. The van der Waals surface area contributed by atoms with Crippen LogP contribution in [0.2, 0.25) is 0 Å². The third-order valence-corrected chi connectivity index (χ3v) is 3.13. The molecule has 0 bridgehead atoms. The number of anilines is 1. The second-order valence-corrected chi connectivity index (χ2v) is 5.15. The zero-order valence-electron chi connectivity index (χ0n) is 11.0. The number of nitrogens with one attached hydrogen (secondary N) is 1. The number of benzene rings is 1. The van der Waals surface area contributed by atoms with Crippen molar-refractivity contribution in [2.24, 2.45) is 0 Å². The van der Waals surface area contributed by atoms with E-state index in [0.717, 1.165) is 5.69 Å². The summed E-state index contributed by atoms with van der Waals surface area (Å²) in [6.45, 7) is 2.03. The highest BCUT2D eigenvalue weighted by Crippen LogP contribution is 2.24. The van der Waals surface area contributed by atoms with Gasteiger partial charge in [0, 0.05) is 22.3 Å². The number of rotatable bonds is 4. The molecule has 0 saturated carbocycles. The highest BCUT2D eigenvalue weighted by molar-refractivity contribution is 9.10. The molecule has 0 aliphatic heterocycles. The molecule has 2 aromatic rings. The number of pyridine rings is 1. The zero-order chi connectivity index (χ0) is 14.7. The monoisotopic (exact) mass is 342 g/mol. The lowest BCUT2D eigenvalue weighted by molar-refractivity contribution is 0.413. The van der Waals surface area contributed by atoms with Gasteiger partial charge in [0.05, 0.1) is 19.3 Å². The van der Waals surface area contributed by atoms with Gasteiger partial charge in [-0.2, -0.15) is 0 Å². The third-order valence-electron chi connectivity index (χ3n) is 2.67. The number of aryl methyl sites for hydroxylation is 1. The summed E-state index contributed by atoms with van der Waals surface area (Å²) in [6.07, 6.45) is 0. The van der Waals surface area contributed by atoms with Crippen LogP contribution in [0.5, 0.6) is 5.75 Å². The lowest BCUT2D eigenvalue weighted by atomic mass is 10.2. The van der Waals surface area contributed by atoms with E-state index in [1.54, 1.807) is 19.2 Å². The molecule has 3 nitrogen and oxygen atoms in total. The van der Waals surface area contributed by atoms with Gasteiger partial charge in [-0.05, 0) is 19.1 Å². The van der Waals surface area contributed by atoms with Crippen LogP contribution in [0.4, 0.5) is 14.5 Å². The molecular formula is C14H13BrF2N2O. The fourth-order valence-corrected chi connectivity index (χ4v) is 2.20. The summed E-state index contributed by atoms with van der Waals surface area (Å²) in [4.78, 5) is 4.28. The van der Waals surface area contributed by atoms with Crippen molar-refractivity contribution in [1.82, 2.24) is 4.98 Å². The third kappa shape index (κ3) is 3.45. The first-order chi connectivity index (χ1) is 9.49. The van der Waals surface area contributed by atoms with Crippen molar-refractivity contribution in [3.63, 3.8) is 0 Å². The van der Waals surface area contributed by atoms with Gasteiger partial charge in [-0.1, -0.05) is 15.9 Å². The van der Waals surface area contributed by atoms with Crippen LogP contribution in [0, 0.1) is 18.6 Å². The SMILES string of the molecule is COc1cc(C)nc(CNc2c(F)cc(Br)cc2F)c1. The first-order valence-corrected chi connectivity index (χ1v) is 6.69. The predicted octanol–water partition coefficient (Wildman–Crippen LogP) is 4.05. The van der Waals surface area contributed by atoms with Gasteiger partial charge in [-0.3, -0.25) is 4.98 Å². The van der Waals surface area contributed by atoms with E-state index in [-0.39, 0.29) is 12.2 Å². The molecule has 0 radical (unpaired) electrons. The summed E-state index contributed by atoms with van der Waals surface area (Å²) in [6, 6.07) is 5.91. The van der Waals surface area contributed by atoms with Crippen LogP contribution in [0.3, 0.4) is 0 Å². The maximum Gasteiger partial charge on any atom is 0.150 e. The van der Waals surface area contributed by atoms with E-state index < -0.39 is 11.6 Å². The number of hydrogen-bond donors (Lipinski definition) is 1. The van der Waals surface area contributed by atoms with E-state index in [2.05, 4.69) is 26.2 Å². The van der Waals surface area contributed by atoms with Gasteiger partial charge in [-0.15, -0.1) is 0 Å². The van der Waals surface area contributed by atoms with E-state index >= 15 is 0 Å². The molecular weight excluding hydrogens is 330 g/mol. The molecule has 0 unspecified atom stereocenters. The van der Waals surface area contributed by atoms with E-state index in [0.29, 0.717) is 15.9 Å². The number of hydrogen-bond acceptors (Lipinski definition) is 3. The maximum atomic E-state index is 13.7. The van der Waals surface area contributed by atoms with Crippen LogP contribution < -0.4 is 10.1 Å². The molecule has 6 heteroatoms. The summed E-state index contributed by atoms with van der Waals surface area (Å²) in [5.41, 5.74) is 1.25. The molecule has 1 aromatic carbocycles. The normalized spacial score (nSPS) is 10.4. The van der Waals surface area contributed by atoms with Gasteiger partial charge in [0.25, 0.3) is 0 Å². The molecule has 0 atom stereocenters. The average Bonchev–Trinajstić information content (AvgIpc) is 2.36. The Balaban J connectivity index is 2.19. The Morgan fingerprint density at radius 2 is 1.85 bits per heavy atom. The van der Waals surface area contributed by atoms with Crippen molar-refractivity contribution < 1.29 is 13.5 Å². The van der Waals surface area contributed by atoms with Gasteiger partial charge in [0.15, 0.2) is 0 Å². The molecule has 0 fully saturated rings. The molecule has 0 amide bonds. The molecule has 0 aliphatic rings. The smallest absolute Gasteiger partial charge is 0.150 e. The first-order valence-electron chi connectivity index (χ1n) is 5.89. The largest absolute Gasteiger partial charge is 0.497 e. The van der Waals surface area contributed by atoms with Crippen molar-refractivity contribution in [2.75, 3.05) is 12.4 Å². The fourth-order valence-electron chi connectivity index (χ4n) is 1.80. The Kier molecular flexibility index (Phi) is 4.54. The molecule has 1 N–H and O–H groups in total. The number of methoxy groups -OCH3 is 1. The molecule has 0 aliphatic carbocycles. The quantitative estimate of drug-likeness (QED) is 0.909. The Hall–Kier alpha value is -1.69. The number of aromatic nitrogens is 1. The lowest BCUT2D eigenvalue weighted by Crippen LogP contribution is -2.06. The van der Waals surface area contributed by atoms with E-state index in [1.807, 2.05) is 6.92 Å². The van der Waals surface area contributed by atoms with Crippen LogP contribution in [-0.4, -0.2) is 12.1 Å². The number of ether oxygens (including phenoxy) is 1. The summed E-state index contributed by atoms with van der Waals surface area (Å²) >= 11 is 3.03. The molecule has 0 saturated heterocycles. The number of halogens is 3. The molecule has 106 valence electrons. The standard InChI is InChI=1S/C14H13BrF2N2O/c1-8-3-11(20-2)6-10(19-8)7-18-14-12(16)4-9(15)5-13(14)17/h3-6,18H,7H2,1-2H3. The molecule has 1 aromatic heterocycles. The summed E-state index contributed by atoms with van der Waals surface area (Å²) in [5.74, 6) is -0.654. The predicted molar refractivity (Wildman–Crippen MR) is 76.9 cm³/mol. The average molecular weight is 343 g/mol. The van der Waals surface area contributed by atoms with Gasteiger partial charge in [0.2, 0.25) is 0 Å². The Morgan fingerprint density at radius 1 is 1.20 bits per heavy atom. The van der Waals surface area contributed by atoms with Gasteiger partial charge < -0.3 is 10.1 Å². The van der Waals surface area contributed by atoms with Crippen molar-refractivity contribution >= 4 is 21.6 Å². The highest BCUT2D eigenvalue weighted by atomic mass is 79.9. The van der Waals surface area contributed by atoms with Crippen LogP contribution >= 0.6 is 15.9 Å². The van der Waals surface area contributed by atoms with E-state index in [4.69, 9.17) is 4.74 Å². The Bertz CT molecular complexity index is 612. The van der Waals surface area contributed by atoms with Crippen LogP contribution in [0.25, 0.3) is 0 Å². The Labute approximate surface area is 124 Å². The van der Waals surface area contributed by atoms with Gasteiger partial charge in [0.1, 0.15) is 23.1 Å². The number of nitrogens with zero attached hydrogens (tertiary/aromatic N) is 1. The van der Waals surface area contributed by atoms with E-state index in [9.17, 15) is 8.78 Å². The van der Waals surface area contributed by atoms with Gasteiger partial charge in [-0.25, -0.2) is 8.78 Å². The van der Waals surface area contributed by atoms with Crippen LogP contribution in [0.15, 0.2) is 28.7 Å². The Morgan fingerprint density at radius 3 is 2.45 bits per heavy atom. The first kappa shape index (κ1) is 14.7. The summed E-state index contributed by atoms with van der Waals surface area (Å²) < 4.78 is 32.8. The maximum absolute atomic E-state index is 13.7. The van der Waals surface area contributed by atoms with Gasteiger partial charge >= 0.3 is 0 Å². The minimum Gasteiger partial charge on any atom is -0.497 e. The summed E-state index contributed by atoms with van der Waals surface area (Å²) in [5, 5.41) is 2.71. The second kappa shape index (κ2) is 6.17. The van der Waals surface area contributed by atoms with E-state index in [1.165, 1.54) is 12.1 Å². The topological polar surface area (TPSA) is 34.1 Å². The minimum atomic E-state index is -0.656. The zero-order valence-corrected chi connectivity index (χ0v) is 12.6. The molecule has 0 spiro atoms. The van der Waals surface area contributed by atoms with Crippen molar-refractivity contribution in [1.29, 1.82) is 0 Å². The van der Waals surface area contributed by atoms with Crippen molar-refractivity contribution in [3.8, 4) is 5.75 Å². The minimum absolute atomic E-state index is 0.171. The molecule has 2 rings (SSSR count). The van der Waals surface area contributed by atoms with Crippen molar-refractivity contribution in [3.05, 3.63) is 51.8 Å². The molecule has 20 heavy (non-hydrogen) atoms. The van der Waals surface area contributed by atoms with Crippen molar-refractivity contribution in [2.45, 2.75) is 13.5 Å². The van der Waals surface area contributed by atoms with Crippen LogP contribution in [0.1, 0.15) is 11.4 Å². The second-order valence-electron chi connectivity index (χ2n) is 4.24. The molecule has 1 heterocycles. The van der Waals surface area contributed by atoms with Crippen LogP contribution in [-0.2, 0) is 6.54 Å². The fraction of sp³-hybridized carbons (Fsp3) is 0.214. The summed E-state index contributed by atoms with van der Waals surface area (Å²) in [7, 11) is 1.56. The highest BCUT2D eigenvalue weighted by Gasteiger charge is 2.10.